The van der Waals surface area contributed by atoms with Crippen LogP contribution < -0.4 is 10.6 Å². The Labute approximate surface area is 158 Å². The first-order valence-electron chi connectivity index (χ1n) is 10.1. The van der Waals surface area contributed by atoms with Gasteiger partial charge in [0.2, 0.25) is 0 Å². The van der Waals surface area contributed by atoms with E-state index < -0.39 is 0 Å². The van der Waals surface area contributed by atoms with Crippen LogP contribution in [0.5, 0.6) is 0 Å². The Balaban J connectivity index is 1.50. The molecular formula is C21H35N5. The van der Waals surface area contributed by atoms with Crippen LogP contribution in [-0.4, -0.2) is 62.1 Å². The van der Waals surface area contributed by atoms with E-state index in [1.54, 1.807) is 0 Å². The summed E-state index contributed by atoms with van der Waals surface area (Å²) in [4.78, 5) is 9.34. The van der Waals surface area contributed by atoms with E-state index in [0.29, 0.717) is 6.04 Å². The molecule has 2 N–H and O–H groups in total. The molecule has 26 heavy (non-hydrogen) atoms. The Morgan fingerprint density at radius 1 is 1.15 bits per heavy atom. The smallest absolute Gasteiger partial charge is 0.191 e. The highest BCUT2D eigenvalue weighted by atomic mass is 15.3. The highest BCUT2D eigenvalue weighted by Gasteiger charge is 2.30. The largest absolute Gasteiger partial charge is 0.352 e. The number of benzene rings is 1. The monoisotopic (exact) mass is 357 g/mol. The first-order valence-corrected chi connectivity index (χ1v) is 10.1. The first-order chi connectivity index (χ1) is 12.7. The predicted octanol–water partition coefficient (Wildman–Crippen LogP) is 2.43. The number of nitrogens with one attached hydrogen (secondary N) is 2. The first kappa shape index (κ1) is 19.2. The number of nitrogens with zero attached hydrogens (tertiary/aromatic N) is 3. The van der Waals surface area contributed by atoms with Crippen LogP contribution in [0.3, 0.4) is 0 Å². The Bertz CT molecular complexity index is 592. The summed E-state index contributed by atoms with van der Waals surface area (Å²) in [5, 5.41) is 7.15. The molecule has 5 heteroatoms. The fraction of sp³-hybridized carbons (Fsp3) is 0.667. The Morgan fingerprint density at radius 2 is 1.88 bits per heavy atom. The van der Waals surface area contributed by atoms with Crippen molar-refractivity contribution in [3.8, 4) is 0 Å². The second-order valence-electron chi connectivity index (χ2n) is 8.00. The molecule has 5 nitrogen and oxygen atoms in total. The average Bonchev–Trinajstić information content (AvgIpc) is 3.30. The van der Waals surface area contributed by atoms with Crippen molar-refractivity contribution in [2.75, 3.05) is 34.2 Å². The second-order valence-corrected chi connectivity index (χ2v) is 8.00. The van der Waals surface area contributed by atoms with E-state index in [4.69, 9.17) is 0 Å². The van der Waals surface area contributed by atoms with E-state index >= 15 is 0 Å². The number of hydrogen-bond donors (Lipinski definition) is 2. The molecule has 0 radical (unpaired) electrons. The average molecular weight is 358 g/mol. The molecule has 1 aliphatic carbocycles. The van der Waals surface area contributed by atoms with Gasteiger partial charge in [0.1, 0.15) is 0 Å². The molecule has 1 aromatic carbocycles. The van der Waals surface area contributed by atoms with E-state index in [2.05, 4.69) is 63.8 Å². The number of hydrogen-bond acceptors (Lipinski definition) is 3. The Kier molecular flexibility index (Phi) is 6.92. The third kappa shape index (κ3) is 5.21. The van der Waals surface area contributed by atoms with Crippen molar-refractivity contribution < 1.29 is 0 Å². The van der Waals surface area contributed by atoms with Crippen LogP contribution in [0.2, 0.25) is 0 Å². The van der Waals surface area contributed by atoms with Crippen LogP contribution in [0.1, 0.15) is 43.2 Å². The van der Waals surface area contributed by atoms with E-state index in [0.717, 1.165) is 31.6 Å². The third-order valence-corrected chi connectivity index (χ3v) is 5.68. The number of rotatable bonds is 6. The zero-order valence-corrected chi connectivity index (χ0v) is 16.7. The van der Waals surface area contributed by atoms with Gasteiger partial charge >= 0.3 is 0 Å². The molecule has 1 unspecified atom stereocenters. The molecule has 0 aromatic heterocycles. The maximum atomic E-state index is 4.45. The van der Waals surface area contributed by atoms with Crippen molar-refractivity contribution in [3.63, 3.8) is 0 Å². The van der Waals surface area contributed by atoms with Gasteiger partial charge in [-0.1, -0.05) is 37.1 Å². The summed E-state index contributed by atoms with van der Waals surface area (Å²) < 4.78 is 0. The summed E-state index contributed by atoms with van der Waals surface area (Å²) in [5.74, 6) is 0.919. The van der Waals surface area contributed by atoms with Crippen LogP contribution in [-0.2, 0) is 13.1 Å². The lowest BCUT2D eigenvalue weighted by atomic mass is 10.1. The summed E-state index contributed by atoms with van der Waals surface area (Å²) >= 11 is 0. The molecule has 144 valence electrons. The molecule has 1 saturated heterocycles. The van der Waals surface area contributed by atoms with Crippen LogP contribution in [0.25, 0.3) is 0 Å². The zero-order valence-electron chi connectivity index (χ0n) is 16.7. The summed E-state index contributed by atoms with van der Waals surface area (Å²) in [5.41, 5.74) is 2.71. The number of likely N-dealkylation sites (tertiary alicyclic amines) is 1. The molecule has 1 aliphatic heterocycles. The molecule has 2 fully saturated rings. The minimum absolute atomic E-state index is 0.513. The lowest BCUT2D eigenvalue weighted by Crippen LogP contribution is -2.45. The molecule has 0 bridgehead atoms. The third-order valence-electron chi connectivity index (χ3n) is 5.68. The summed E-state index contributed by atoms with van der Waals surface area (Å²) in [6, 6.07) is 9.99. The maximum Gasteiger partial charge on any atom is 0.191 e. The minimum Gasteiger partial charge on any atom is -0.352 e. The molecule has 1 aromatic rings. The molecule has 1 heterocycles. The van der Waals surface area contributed by atoms with Crippen LogP contribution in [0.4, 0.5) is 0 Å². The van der Waals surface area contributed by atoms with Gasteiger partial charge in [0.25, 0.3) is 0 Å². The van der Waals surface area contributed by atoms with Gasteiger partial charge < -0.3 is 15.5 Å². The van der Waals surface area contributed by atoms with Gasteiger partial charge in [-0.05, 0) is 44.5 Å². The van der Waals surface area contributed by atoms with E-state index in [1.807, 2.05) is 7.05 Å². The van der Waals surface area contributed by atoms with Crippen LogP contribution in [0.15, 0.2) is 29.3 Å². The van der Waals surface area contributed by atoms with E-state index in [1.165, 1.54) is 49.8 Å². The van der Waals surface area contributed by atoms with Crippen molar-refractivity contribution in [1.82, 2.24) is 20.4 Å². The van der Waals surface area contributed by atoms with Crippen molar-refractivity contribution >= 4 is 5.96 Å². The normalized spacial score (nSPS) is 22.3. The van der Waals surface area contributed by atoms with Gasteiger partial charge in [0.15, 0.2) is 5.96 Å². The molecule has 1 saturated carbocycles. The fourth-order valence-electron chi connectivity index (χ4n) is 4.30. The molecule has 0 spiro atoms. The molecule has 2 aliphatic rings. The van der Waals surface area contributed by atoms with Gasteiger partial charge in [-0.2, -0.15) is 0 Å². The highest BCUT2D eigenvalue weighted by molar-refractivity contribution is 5.80. The van der Waals surface area contributed by atoms with Crippen LogP contribution >= 0.6 is 0 Å². The van der Waals surface area contributed by atoms with E-state index in [9.17, 15) is 0 Å². The van der Waals surface area contributed by atoms with Crippen molar-refractivity contribution in [1.29, 1.82) is 0 Å². The van der Waals surface area contributed by atoms with E-state index in [-0.39, 0.29) is 0 Å². The minimum atomic E-state index is 0.513. The maximum absolute atomic E-state index is 4.45. The lowest BCUT2D eigenvalue weighted by molar-refractivity contribution is 0.242. The topological polar surface area (TPSA) is 42.9 Å². The SMILES string of the molecule is CN=C(NCc1ccccc1CN(C)C)NC1CCN(C2CCCC2)C1. The standard InChI is InChI=1S/C21H35N5/c1-22-21(23-14-17-8-4-5-9-18(17)15-25(2)3)24-19-12-13-26(16-19)20-10-6-7-11-20/h4-5,8-9,19-20H,6-7,10-16H2,1-3H3,(H2,22,23,24). The van der Waals surface area contributed by atoms with Gasteiger partial charge in [-0.15, -0.1) is 0 Å². The quantitative estimate of drug-likeness (QED) is 0.606. The Hall–Kier alpha value is -1.59. The van der Waals surface area contributed by atoms with Crippen LogP contribution in [0, 0.1) is 0 Å². The summed E-state index contributed by atoms with van der Waals surface area (Å²) in [7, 11) is 6.09. The lowest BCUT2D eigenvalue weighted by Gasteiger charge is -2.24. The van der Waals surface area contributed by atoms with Gasteiger partial charge in [-0.3, -0.25) is 9.89 Å². The fourth-order valence-corrected chi connectivity index (χ4v) is 4.30. The van der Waals surface area contributed by atoms with Crippen molar-refractivity contribution in [2.24, 2.45) is 4.99 Å². The van der Waals surface area contributed by atoms with Crippen molar-refractivity contribution in [3.05, 3.63) is 35.4 Å². The predicted molar refractivity (Wildman–Crippen MR) is 109 cm³/mol. The number of guanidine groups is 1. The van der Waals surface area contributed by atoms with Crippen molar-refractivity contribution in [2.45, 2.75) is 57.3 Å². The summed E-state index contributed by atoms with van der Waals surface area (Å²) in [6.07, 6.45) is 6.82. The molecule has 1 atom stereocenters. The highest BCUT2D eigenvalue weighted by Crippen LogP contribution is 2.26. The molecule has 0 amide bonds. The second kappa shape index (κ2) is 9.38. The summed E-state index contributed by atoms with van der Waals surface area (Å²) in [6.45, 7) is 4.15. The van der Waals surface area contributed by atoms with Gasteiger partial charge in [0.05, 0.1) is 0 Å². The zero-order chi connectivity index (χ0) is 18.4. The molecule has 3 rings (SSSR count). The van der Waals surface area contributed by atoms with Gasteiger partial charge in [-0.25, -0.2) is 0 Å². The molecular weight excluding hydrogens is 322 g/mol. The van der Waals surface area contributed by atoms with Gasteiger partial charge in [0, 0.05) is 45.3 Å². The Morgan fingerprint density at radius 3 is 2.58 bits per heavy atom. The number of aliphatic imine (C=N–C) groups is 1.